The summed E-state index contributed by atoms with van der Waals surface area (Å²) >= 11 is 6.04. The van der Waals surface area contributed by atoms with Gasteiger partial charge in [-0.2, -0.15) is 0 Å². The third kappa shape index (κ3) is 4.28. The largest absolute Gasteiger partial charge is 0.492 e. The highest BCUT2D eigenvalue weighted by Gasteiger charge is 2.52. The summed E-state index contributed by atoms with van der Waals surface area (Å²) in [6.07, 6.45) is 1.65. The zero-order valence-corrected chi connectivity index (χ0v) is 16.3. The molecule has 1 aromatic carbocycles. The molecule has 0 radical (unpaired) electrons. The number of carbonyl (C=O) groups is 2. The van der Waals surface area contributed by atoms with Crippen molar-refractivity contribution in [1.82, 2.24) is 5.32 Å². The number of carboxylic acid groups (broad SMARTS) is 1. The molecule has 1 saturated heterocycles. The lowest BCUT2D eigenvalue weighted by Crippen LogP contribution is -2.41. The number of hydrogen-bond donors (Lipinski definition) is 2. The second-order valence-corrected chi connectivity index (χ2v) is 7.63. The number of carbonyl (C=O) groups excluding carboxylic acids is 1. The van der Waals surface area contributed by atoms with Crippen LogP contribution in [0, 0.1) is 0 Å². The Morgan fingerprint density at radius 1 is 1.23 bits per heavy atom. The molecule has 0 aromatic heterocycles. The van der Waals surface area contributed by atoms with Gasteiger partial charge in [-0.25, -0.2) is 4.79 Å². The Hall–Kier alpha value is -1.83. The highest BCUT2D eigenvalue weighted by molar-refractivity contribution is 6.56. The fourth-order valence-corrected chi connectivity index (χ4v) is 2.77. The predicted molar refractivity (Wildman–Crippen MR) is 101 cm³/mol. The van der Waals surface area contributed by atoms with E-state index in [0.717, 1.165) is 0 Å². The summed E-state index contributed by atoms with van der Waals surface area (Å²) in [7, 11) is -0.715. The smallest absolute Gasteiger partial charge is 0.478 e. The Morgan fingerprint density at radius 2 is 1.81 bits per heavy atom. The fraction of sp³-hybridized carbons (Fsp3) is 0.444. The molecule has 0 atom stereocenters. The van der Waals surface area contributed by atoms with Crippen molar-refractivity contribution in [2.24, 2.45) is 0 Å². The van der Waals surface area contributed by atoms with Crippen molar-refractivity contribution >= 4 is 36.7 Å². The van der Waals surface area contributed by atoms with E-state index in [2.05, 4.69) is 5.32 Å². The summed E-state index contributed by atoms with van der Waals surface area (Å²) in [5.41, 5.74) is -0.108. The molecule has 26 heavy (non-hydrogen) atoms. The van der Waals surface area contributed by atoms with Crippen molar-refractivity contribution in [3.63, 3.8) is 0 Å². The highest BCUT2D eigenvalue weighted by atomic mass is 35.5. The Kier molecular flexibility index (Phi) is 5.85. The van der Waals surface area contributed by atoms with Crippen LogP contribution in [0.15, 0.2) is 23.7 Å². The van der Waals surface area contributed by atoms with E-state index in [1.54, 1.807) is 18.2 Å². The summed E-state index contributed by atoms with van der Waals surface area (Å²) in [6.45, 7) is 9.26. The van der Waals surface area contributed by atoms with Gasteiger partial charge < -0.3 is 19.7 Å². The van der Waals surface area contributed by atoms with Gasteiger partial charge in [-0.15, -0.1) is 0 Å². The molecule has 1 aromatic rings. The molecule has 0 unspecified atom stereocenters. The lowest BCUT2D eigenvalue weighted by atomic mass is 9.76. The maximum Gasteiger partial charge on any atom is 0.492 e. The first-order valence-corrected chi connectivity index (χ1v) is 8.65. The summed E-state index contributed by atoms with van der Waals surface area (Å²) < 4.78 is 12.1. The minimum atomic E-state index is -1.13. The summed E-state index contributed by atoms with van der Waals surface area (Å²) in [4.78, 5) is 22.9. The van der Waals surface area contributed by atoms with Crippen LogP contribution in [0.2, 0.25) is 5.02 Å². The third-order valence-corrected chi connectivity index (χ3v) is 5.01. The molecule has 6 nitrogen and oxygen atoms in total. The quantitative estimate of drug-likeness (QED) is 0.768. The van der Waals surface area contributed by atoms with Crippen LogP contribution in [0.5, 0.6) is 0 Å². The summed E-state index contributed by atoms with van der Waals surface area (Å²) in [5.74, 6) is -1.34. The van der Waals surface area contributed by atoms with E-state index in [9.17, 15) is 14.7 Å². The number of halogens is 1. The minimum Gasteiger partial charge on any atom is -0.478 e. The van der Waals surface area contributed by atoms with Crippen molar-refractivity contribution < 1.29 is 24.0 Å². The van der Waals surface area contributed by atoms with Crippen LogP contribution in [0.4, 0.5) is 0 Å². The second-order valence-electron chi connectivity index (χ2n) is 7.23. The standard InChI is InChI=1S/C18H23BClNO5/c1-11(22)21-10-13(19-25-17(2,3)18(4,5)26-19)9-12-7-6-8-14(20)15(12)16(23)24/h6-9H,10H2,1-5H3,(H,21,22)(H,23,24). The van der Waals surface area contributed by atoms with Gasteiger partial charge >= 0.3 is 13.1 Å². The van der Waals surface area contributed by atoms with Crippen LogP contribution in [0.25, 0.3) is 6.08 Å². The number of carboxylic acids is 1. The van der Waals surface area contributed by atoms with E-state index in [-0.39, 0.29) is 23.0 Å². The number of hydrogen-bond acceptors (Lipinski definition) is 4. The van der Waals surface area contributed by atoms with Crippen molar-refractivity contribution in [3.05, 3.63) is 39.8 Å². The van der Waals surface area contributed by atoms with E-state index in [1.165, 1.54) is 13.0 Å². The monoisotopic (exact) mass is 379 g/mol. The fourth-order valence-electron chi connectivity index (χ4n) is 2.51. The number of amides is 1. The normalized spacial score (nSPS) is 18.7. The van der Waals surface area contributed by atoms with E-state index in [4.69, 9.17) is 20.9 Å². The van der Waals surface area contributed by atoms with Gasteiger partial charge in [-0.05, 0) is 44.8 Å². The molecule has 0 saturated carbocycles. The zero-order valence-electron chi connectivity index (χ0n) is 15.6. The Morgan fingerprint density at radius 3 is 2.31 bits per heavy atom. The molecule has 1 fully saturated rings. The first-order chi connectivity index (χ1) is 11.9. The van der Waals surface area contributed by atoms with E-state index in [0.29, 0.717) is 11.0 Å². The zero-order chi connectivity index (χ0) is 19.7. The van der Waals surface area contributed by atoms with Crippen molar-refractivity contribution in [2.45, 2.75) is 45.8 Å². The molecule has 1 amide bonds. The lowest BCUT2D eigenvalue weighted by Gasteiger charge is -2.32. The summed E-state index contributed by atoms with van der Waals surface area (Å²) in [5, 5.41) is 12.3. The predicted octanol–water partition coefficient (Wildman–Crippen LogP) is 3.19. The first-order valence-electron chi connectivity index (χ1n) is 8.27. The number of aromatic carboxylic acids is 1. The van der Waals surface area contributed by atoms with Gasteiger partial charge in [0.15, 0.2) is 0 Å². The minimum absolute atomic E-state index is 0.00832. The van der Waals surface area contributed by atoms with Gasteiger partial charge in [-0.3, -0.25) is 4.79 Å². The average molecular weight is 380 g/mol. The van der Waals surface area contributed by atoms with Crippen LogP contribution >= 0.6 is 11.6 Å². The van der Waals surface area contributed by atoms with Crippen LogP contribution in [-0.4, -0.2) is 41.8 Å². The van der Waals surface area contributed by atoms with E-state index in [1.807, 2.05) is 27.7 Å². The number of nitrogens with one attached hydrogen (secondary N) is 1. The molecular formula is C18H23BClNO5. The Balaban J connectivity index is 2.47. The van der Waals surface area contributed by atoms with Crippen molar-refractivity contribution in [2.75, 3.05) is 6.54 Å². The molecular weight excluding hydrogens is 356 g/mol. The molecule has 140 valence electrons. The molecule has 1 heterocycles. The molecule has 2 rings (SSSR count). The van der Waals surface area contributed by atoms with Gasteiger partial charge in [0.05, 0.1) is 21.8 Å². The van der Waals surface area contributed by atoms with E-state index < -0.39 is 24.3 Å². The third-order valence-electron chi connectivity index (χ3n) is 4.70. The summed E-state index contributed by atoms with van der Waals surface area (Å²) in [6, 6.07) is 4.83. The SMILES string of the molecule is CC(=O)NCC(=Cc1cccc(Cl)c1C(=O)O)B1OC(C)(C)C(C)(C)O1. The second kappa shape index (κ2) is 7.43. The van der Waals surface area contributed by atoms with Gasteiger partial charge in [0, 0.05) is 13.5 Å². The number of benzene rings is 1. The maximum atomic E-state index is 11.6. The first kappa shape index (κ1) is 20.5. The van der Waals surface area contributed by atoms with Crippen LogP contribution in [0.3, 0.4) is 0 Å². The van der Waals surface area contributed by atoms with Crippen molar-refractivity contribution in [1.29, 1.82) is 0 Å². The molecule has 1 aliphatic heterocycles. The average Bonchev–Trinajstić information content (AvgIpc) is 2.71. The molecule has 8 heteroatoms. The highest BCUT2D eigenvalue weighted by Crippen LogP contribution is 2.39. The van der Waals surface area contributed by atoms with Gasteiger partial charge in [0.1, 0.15) is 0 Å². The van der Waals surface area contributed by atoms with Crippen molar-refractivity contribution in [3.8, 4) is 0 Å². The van der Waals surface area contributed by atoms with E-state index >= 15 is 0 Å². The molecule has 2 N–H and O–H groups in total. The lowest BCUT2D eigenvalue weighted by molar-refractivity contribution is -0.118. The van der Waals surface area contributed by atoms with Gasteiger partial charge in [0.25, 0.3) is 0 Å². The van der Waals surface area contributed by atoms with Gasteiger partial charge in [-0.1, -0.05) is 29.8 Å². The molecule has 0 spiro atoms. The Bertz CT molecular complexity index is 744. The van der Waals surface area contributed by atoms with Crippen LogP contribution < -0.4 is 5.32 Å². The van der Waals surface area contributed by atoms with Crippen LogP contribution in [-0.2, 0) is 14.1 Å². The van der Waals surface area contributed by atoms with Crippen LogP contribution in [0.1, 0.15) is 50.5 Å². The molecule has 0 bridgehead atoms. The molecule has 0 aliphatic carbocycles. The van der Waals surface area contributed by atoms with Gasteiger partial charge in [0.2, 0.25) is 5.91 Å². The molecule has 1 aliphatic rings. The Labute approximate surface area is 158 Å². The topological polar surface area (TPSA) is 84.9 Å². The maximum absolute atomic E-state index is 11.6. The number of rotatable bonds is 5.